The summed E-state index contributed by atoms with van der Waals surface area (Å²) in [5, 5.41) is 9.39. The fourth-order valence-corrected chi connectivity index (χ4v) is 5.41. The summed E-state index contributed by atoms with van der Waals surface area (Å²) in [6.07, 6.45) is 4.88. The number of hydrogen-bond donors (Lipinski definition) is 1. The molecule has 4 nitrogen and oxygen atoms in total. The van der Waals surface area contributed by atoms with Gasteiger partial charge < -0.3 is 14.7 Å². The summed E-state index contributed by atoms with van der Waals surface area (Å²) in [6, 6.07) is 16.9. The van der Waals surface area contributed by atoms with Crippen LogP contribution in [0, 0.1) is 5.92 Å². The number of ether oxygens (including phenoxy) is 1. The molecule has 146 valence electrons. The van der Waals surface area contributed by atoms with Gasteiger partial charge in [0, 0.05) is 24.6 Å². The first-order valence-corrected chi connectivity index (χ1v) is 10.5. The maximum Gasteiger partial charge on any atom is 0.410 e. The molecule has 2 fully saturated rings. The van der Waals surface area contributed by atoms with Crippen LogP contribution in [0.2, 0.25) is 0 Å². The van der Waals surface area contributed by atoms with Crippen molar-refractivity contribution in [2.24, 2.45) is 5.92 Å². The summed E-state index contributed by atoms with van der Waals surface area (Å²) in [5.74, 6) is 0.509. The number of benzene rings is 2. The van der Waals surface area contributed by atoms with Gasteiger partial charge in [-0.15, -0.1) is 0 Å². The zero-order valence-corrected chi connectivity index (χ0v) is 16.1. The number of aliphatic hydroxyl groups excluding tert-OH is 1. The molecule has 1 saturated heterocycles. The second-order valence-corrected chi connectivity index (χ2v) is 8.56. The van der Waals surface area contributed by atoms with Crippen LogP contribution in [0.5, 0.6) is 0 Å². The minimum atomic E-state index is -0.171. The summed E-state index contributed by atoms with van der Waals surface area (Å²) >= 11 is 0. The van der Waals surface area contributed by atoms with Gasteiger partial charge in [0.25, 0.3) is 0 Å². The molecule has 1 N–H and O–H groups in total. The third kappa shape index (κ3) is 2.74. The first-order chi connectivity index (χ1) is 13.7. The topological polar surface area (TPSA) is 49.8 Å². The average Bonchev–Trinajstić information content (AvgIpc) is 3.05. The van der Waals surface area contributed by atoms with E-state index in [0.717, 1.165) is 38.6 Å². The Balaban J connectivity index is 1.29. The van der Waals surface area contributed by atoms with E-state index >= 15 is 0 Å². The fraction of sp³-hybridized carbons (Fsp3) is 0.458. The van der Waals surface area contributed by atoms with E-state index in [-0.39, 0.29) is 24.2 Å². The number of hydrogen-bond acceptors (Lipinski definition) is 3. The molecule has 3 aliphatic rings. The van der Waals surface area contributed by atoms with Crippen molar-refractivity contribution in [3.8, 4) is 11.1 Å². The second-order valence-electron chi connectivity index (χ2n) is 8.56. The molecule has 1 aliphatic heterocycles. The van der Waals surface area contributed by atoms with E-state index in [2.05, 4.69) is 48.5 Å². The minimum Gasteiger partial charge on any atom is -0.448 e. The van der Waals surface area contributed by atoms with Crippen molar-refractivity contribution in [3.63, 3.8) is 0 Å². The van der Waals surface area contributed by atoms with Crippen molar-refractivity contribution in [1.82, 2.24) is 4.90 Å². The van der Waals surface area contributed by atoms with Gasteiger partial charge in [-0.3, -0.25) is 0 Å². The lowest BCUT2D eigenvalue weighted by Gasteiger charge is -2.55. The SMILES string of the molecule is O=C(OCC1c2ccccc2-c2ccccc21)N1CCC12CCC(CO)CC2. The summed E-state index contributed by atoms with van der Waals surface area (Å²) in [4.78, 5) is 14.8. The van der Waals surface area contributed by atoms with Crippen molar-refractivity contribution in [2.75, 3.05) is 19.8 Å². The highest BCUT2D eigenvalue weighted by atomic mass is 16.6. The van der Waals surface area contributed by atoms with E-state index in [9.17, 15) is 9.90 Å². The summed E-state index contributed by atoms with van der Waals surface area (Å²) in [7, 11) is 0. The lowest BCUT2D eigenvalue weighted by Crippen LogP contribution is -2.63. The Bertz CT molecular complexity index is 839. The zero-order valence-electron chi connectivity index (χ0n) is 16.1. The third-order valence-electron chi connectivity index (χ3n) is 7.22. The predicted octanol–water partition coefficient (Wildman–Crippen LogP) is 4.56. The first kappa shape index (κ1) is 17.7. The highest BCUT2D eigenvalue weighted by Gasteiger charge is 2.49. The maximum absolute atomic E-state index is 12.9. The van der Waals surface area contributed by atoms with Gasteiger partial charge in [0.05, 0.1) is 0 Å². The number of carbonyl (C=O) groups excluding carboxylic acids is 1. The van der Waals surface area contributed by atoms with Gasteiger partial charge in [0.1, 0.15) is 6.61 Å². The number of aliphatic hydroxyl groups is 1. The van der Waals surface area contributed by atoms with Crippen LogP contribution in [0.15, 0.2) is 48.5 Å². The number of likely N-dealkylation sites (tertiary alicyclic amines) is 1. The zero-order chi connectivity index (χ0) is 19.1. The molecule has 0 aromatic heterocycles. The van der Waals surface area contributed by atoms with Crippen LogP contribution in [0.3, 0.4) is 0 Å². The Morgan fingerprint density at radius 1 is 1.00 bits per heavy atom. The molecular formula is C24H27NO3. The van der Waals surface area contributed by atoms with Gasteiger partial charge in [-0.25, -0.2) is 4.79 Å². The molecule has 1 saturated carbocycles. The summed E-state index contributed by atoms with van der Waals surface area (Å²) in [6.45, 7) is 1.44. The van der Waals surface area contributed by atoms with Crippen molar-refractivity contribution in [1.29, 1.82) is 0 Å². The van der Waals surface area contributed by atoms with Crippen LogP contribution in [0.1, 0.15) is 49.1 Å². The smallest absolute Gasteiger partial charge is 0.410 e. The molecule has 0 radical (unpaired) electrons. The Labute approximate surface area is 166 Å². The normalized spacial score (nSPS) is 25.9. The van der Waals surface area contributed by atoms with Crippen LogP contribution in [-0.2, 0) is 4.74 Å². The van der Waals surface area contributed by atoms with Gasteiger partial charge >= 0.3 is 6.09 Å². The second kappa shape index (κ2) is 6.93. The van der Waals surface area contributed by atoms with Gasteiger partial charge in [-0.2, -0.15) is 0 Å². The van der Waals surface area contributed by atoms with Crippen molar-refractivity contribution in [3.05, 3.63) is 59.7 Å². The van der Waals surface area contributed by atoms with E-state index < -0.39 is 0 Å². The highest BCUT2D eigenvalue weighted by molar-refractivity contribution is 5.79. The molecule has 0 bridgehead atoms. The largest absolute Gasteiger partial charge is 0.448 e. The monoisotopic (exact) mass is 377 g/mol. The number of carbonyl (C=O) groups is 1. The van der Waals surface area contributed by atoms with Crippen molar-refractivity contribution < 1.29 is 14.6 Å². The Hall–Kier alpha value is -2.33. The molecule has 1 amide bonds. The fourth-order valence-electron chi connectivity index (χ4n) is 5.41. The Kier molecular flexibility index (Phi) is 4.39. The van der Waals surface area contributed by atoms with E-state index in [1.54, 1.807) is 0 Å². The van der Waals surface area contributed by atoms with Crippen LogP contribution in [-0.4, -0.2) is 41.4 Å². The van der Waals surface area contributed by atoms with Crippen LogP contribution < -0.4 is 0 Å². The lowest BCUT2D eigenvalue weighted by molar-refractivity contribution is -0.0476. The molecule has 0 atom stereocenters. The van der Waals surface area contributed by atoms with Crippen LogP contribution >= 0.6 is 0 Å². The standard InChI is InChI=1S/C24H27NO3/c26-15-17-9-11-24(12-10-17)13-14-25(24)23(27)28-16-22-20-7-3-1-5-18(20)19-6-2-4-8-21(19)22/h1-8,17,22,26H,9-16H2. The van der Waals surface area contributed by atoms with Gasteiger partial charge in [-0.05, 0) is 60.3 Å². The van der Waals surface area contributed by atoms with Gasteiger partial charge in [0.15, 0.2) is 0 Å². The molecule has 5 rings (SSSR count). The third-order valence-corrected chi connectivity index (χ3v) is 7.22. The van der Waals surface area contributed by atoms with E-state index in [1.807, 2.05) is 4.90 Å². The van der Waals surface area contributed by atoms with Gasteiger partial charge in [-0.1, -0.05) is 48.5 Å². The summed E-state index contributed by atoms with van der Waals surface area (Å²) in [5.41, 5.74) is 4.98. The number of rotatable bonds is 3. The number of fused-ring (bicyclic) bond motifs is 3. The van der Waals surface area contributed by atoms with Gasteiger partial charge in [0.2, 0.25) is 0 Å². The maximum atomic E-state index is 12.9. The van der Waals surface area contributed by atoms with E-state index in [1.165, 1.54) is 22.3 Å². The van der Waals surface area contributed by atoms with Crippen LogP contribution in [0.4, 0.5) is 4.79 Å². The predicted molar refractivity (Wildman–Crippen MR) is 108 cm³/mol. The van der Waals surface area contributed by atoms with E-state index in [4.69, 9.17) is 4.74 Å². The molecule has 2 aliphatic carbocycles. The quantitative estimate of drug-likeness (QED) is 0.853. The number of nitrogens with zero attached hydrogens (tertiary/aromatic N) is 1. The molecule has 1 heterocycles. The first-order valence-electron chi connectivity index (χ1n) is 10.5. The van der Waals surface area contributed by atoms with Crippen LogP contribution in [0.25, 0.3) is 11.1 Å². The Morgan fingerprint density at radius 3 is 2.14 bits per heavy atom. The Morgan fingerprint density at radius 2 is 1.61 bits per heavy atom. The summed E-state index contributed by atoms with van der Waals surface area (Å²) < 4.78 is 5.86. The average molecular weight is 377 g/mol. The molecule has 2 aromatic rings. The molecule has 28 heavy (non-hydrogen) atoms. The molecule has 0 unspecified atom stereocenters. The molecule has 2 aromatic carbocycles. The molecule has 1 spiro atoms. The minimum absolute atomic E-state index is 0.0196. The highest BCUT2D eigenvalue weighted by Crippen LogP contribution is 2.46. The van der Waals surface area contributed by atoms with Crippen molar-refractivity contribution >= 4 is 6.09 Å². The van der Waals surface area contributed by atoms with E-state index in [0.29, 0.717) is 12.5 Å². The lowest BCUT2D eigenvalue weighted by atomic mass is 9.70. The number of amides is 1. The molecular weight excluding hydrogens is 350 g/mol. The molecule has 4 heteroatoms. The van der Waals surface area contributed by atoms with Crippen molar-refractivity contribution in [2.45, 2.75) is 43.6 Å².